The van der Waals surface area contributed by atoms with Crippen LogP contribution < -0.4 is 5.32 Å². The molecule has 0 radical (unpaired) electrons. The smallest absolute Gasteiger partial charge is 0.295 e. The van der Waals surface area contributed by atoms with Crippen LogP contribution in [0.3, 0.4) is 0 Å². The van der Waals surface area contributed by atoms with Crippen molar-refractivity contribution in [2.45, 2.75) is 0 Å². The predicted octanol–water partition coefficient (Wildman–Crippen LogP) is 3.39. The molecule has 0 atom stereocenters. The average molecular weight is 345 g/mol. The molecule has 3 heterocycles. The first-order valence-corrected chi connectivity index (χ1v) is 7.98. The molecule has 0 aliphatic heterocycles. The highest BCUT2D eigenvalue weighted by Gasteiger charge is 2.16. The standard InChI is InChI=1S/C19H15N5O2/c1-24-18(11-15(22-24)14-8-5-9-20-12-14)21-19(25)17-10-16(23-26-17)13-6-3-2-4-7-13/h2-12H,1H3,(H,21,25). The van der Waals surface area contributed by atoms with Crippen molar-refractivity contribution < 1.29 is 9.32 Å². The Balaban J connectivity index is 1.54. The highest BCUT2D eigenvalue weighted by Crippen LogP contribution is 2.22. The number of rotatable bonds is 4. The van der Waals surface area contributed by atoms with Gasteiger partial charge in [-0.2, -0.15) is 5.10 Å². The first-order chi connectivity index (χ1) is 12.7. The molecule has 0 aliphatic rings. The van der Waals surface area contributed by atoms with E-state index in [4.69, 9.17) is 4.52 Å². The number of aromatic nitrogens is 4. The molecule has 0 saturated heterocycles. The zero-order valence-corrected chi connectivity index (χ0v) is 14.0. The highest BCUT2D eigenvalue weighted by atomic mass is 16.5. The number of nitrogens with one attached hydrogen (secondary N) is 1. The minimum Gasteiger partial charge on any atom is -0.350 e. The summed E-state index contributed by atoms with van der Waals surface area (Å²) in [4.78, 5) is 16.5. The maximum Gasteiger partial charge on any atom is 0.295 e. The number of pyridine rings is 1. The van der Waals surface area contributed by atoms with Crippen LogP contribution in [-0.4, -0.2) is 25.8 Å². The summed E-state index contributed by atoms with van der Waals surface area (Å²) in [6, 6.07) is 16.7. The normalized spacial score (nSPS) is 10.7. The van der Waals surface area contributed by atoms with E-state index < -0.39 is 0 Å². The van der Waals surface area contributed by atoms with Crippen molar-refractivity contribution in [2.24, 2.45) is 7.05 Å². The van der Waals surface area contributed by atoms with E-state index in [0.29, 0.717) is 11.5 Å². The summed E-state index contributed by atoms with van der Waals surface area (Å²) < 4.78 is 6.77. The summed E-state index contributed by atoms with van der Waals surface area (Å²) >= 11 is 0. The van der Waals surface area contributed by atoms with Crippen molar-refractivity contribution in [2.75, 3.05) is 5.32 Å². The van der Waals surface area contributed by atoms with Crippen LogP contribution in [0.2, 0.25) is 0 Å². The third kappa shape index (κ3) is 3.10. The monoisotopic (exact) mass is 345 g/mol. The van der Waals surface area contributed by atoms with Crippen molar-refractivity contribution >= 4 is 11.7 Å². The average Bonchev–Trinajstić information content (AvgIpc) is 3.31. The van der Waals surface area contributed by atoms with Gasteiger partial charge in [0.15, 0.2) is 0 Å². The number of benzene rings is 1. The fourth-order valence-electron chi connectivity index (χ4n) is 2.54. The Bertz CT molecular complexity index is 1040. The summed E-state index contributed by atoms with van der Waals surface area (Å²) in [6.45, 7) is 0. The Morgan fingerprint density at radius 2 is 1.85 bits per heavy atom. The van der Waals surface area contributed by atoms with Gasteiger partial charge in [-0.3, -0.25) is 14.5 Å². The first kappa shape index (κ1) is 15.8. The first-order valence-electron chi connectivity index (χ1n) is 7.98. The number of aryl methyl sites for hydroxylation is 1. The second-order valence-electron chi connectivity index (χ2n) is 5.68. The molecule has 7 nitrogen and oxygen atoms in total. The van der Waals surface area contributed by atoms with E-state index >= 15 is 0 Å². The van der Waals surface area contributed by atoms with Crippen LogP contribution in [0.5, 0.6) is 0 Å². The van der Waals surface area contributed by atoms with E-state index in [2.05, 4.69) is 20.6 Å². The van der Waals surface area contributed by atoms with Crippen LogP contribution in [-0.2, 0) is 7.05 Å². The Kier molecular flexibility index (Phi) is 4.03. The number of carbonyl (C=O) groups excluding carboxylic acids is 1. The Labute approximate surface area is 149 Å². The zero-order valence-electron chi connectivity index (χ0n) is 14.0. The molecule has 1 N–H and O–H groups in total. The molecule has 0 spiro atoms. The Morgan fingerprint density at radius 1 is 1.04 bits per heavy atom. The zero-order chi connectivity index (χ0) is 17.9. The van der Waals surface area contributed by atoms with E-state index in [9.17, 15) is 4.79 Å². The summed E-state index contributed by atoms with van der Waals surface area (Å²) in [6.07, 6.45) is 3.42. The van der Waals surface area contributed by atoms with Gasteiger partial charge in [0.2, 0.25) is 5.76 Å². The topological polar surface area (TPSA) is 85.8 Å². The minimum absolute atomic E-state index is 0.132. The third-order valence-corrected chi connectivity index (χ3v) is 3.88. The molecule has 4 rings (SSSR count). The van der Waals surface area contributed by atoms with Gasteiger partial charge < -0.3 is 9.84 Å². The maximum absolute atomic E-state index is 12.5. The van der Waals surface area contributed by atoms with Gasteiger partial charge in [-0.15, -0.1) is 0 Å². The quantitative estimate of drug-likeness (QED) is 0.613. The van der Waals surface area contributed by atoms with Crippen LogP contribution in [0.4, 0.5) is 5.82 Å². The molecule has 0 saturated carbocycles. The molecule has 26 heavy (non-hydrogen) atoms. The maximum atomic E-state index is 12.5. The number of hydrogen-bond acceptors (Lipinski definition) is 5. The molecule has 0 fully saturated rings. The summed E-state index contributed by atoms with van der Waals surface area (Å²) in [5, 5.41) is 11.1. The van der Waals surface area contributed by atoms with Crippen LogP contribution in [0.15, 0.2) is 71.5 Å². The molecule has 128 valence electrons. The second-order valence-corrected chi connectivity index (χ2v) is 5.68. The van der Waals surface area contributed by atoms with Crippen LogP contribution >= 0.6 is 0 Å². The lowest BCUT2D eigenvalue weighted by Gasteiger charge is -2.01. The molecule has 3 aromatic heterocycles. The van der Waals surface area contributed by atoms with E-state index in [1.807, 2.05) is 42.5 Å². The third-order valence-electron chi connectivity index (χ3n) is 3.88. The molecule has 4 aromatic rings. The van der Waals surface area contributed by atoms with Crippen molar-refractivity contribution in [3.63, 3.8) is 0 Å². The Hall–Kier alpha value is -3.74. The van der Waals surface area contributed by atoms with Gasteiger partial charge in [-0.25, -0.2) is 0 Å². The molecule has 0 aliphatic carbocycles. The SMILES string of the molecule is Cn1nc(-c2cccnc2)cc1NC(=O)c1cc(-c2ccccc2)no1. The van der Waals surface area contributed by atoms with Crippen LogP contribution in [0.1, 0.15) is 10.6 Å². The molecular formula is C19H15N5O2. The molecule has 7 heteroatoms. The predicted molar refractivity (Wildman–Crippen MR) is 96.3 cm³/mol. The summed E-state index contributed by atoms with van der Waals surface area (Å²) in [5.41, 5.74) is 3.08. The van der Waals surface area contributed by atoms with E-state index in [-0.39, 0.29) is 11.7 Å². The second kappa shape index (κ2) is 6.64. The number of anilines is 1. The van der Waals surface area contributed by atoms with Gasteiger partial charge in [-0.05, 0) is 12.1 Å². The molecule has 1 aromatic carbocycles. The highest BCUT2D eigenvalue weighted by molar-refractivity contribution is 6.02. The van der Waals surface area contributed by atoms with Crippen molar-refractivity contribution in [3.05, 3.63) is 72.8 Å². The molecular weight excluding hydrogens is 330 g/mol. The lowest BCUT2D eigenvalue weighted by atomic mass is 10.1. The van der Waals surface area contributed by atoms with Gasteiger partial charge in [0.05, 0.1) is 5.69 Å². The fraction of sp³-hybridized carbons (Fsp3) is 0.0526. The molecule has 0 unspecified atom stereocenters. The van der Waals surface area contributed by atoms with Gasteiger partial charge in [0, 0.05) is 42.7 Å². The van der Waals surface area contributed by atoms with Gasteiger partial charge in [-0.1, -0.05) is 35.5 Å². The van der Waals surface area contributed by atoms with Crippen molar-refractivity contribution in [1.29, 1.82) is 0 Å². The number of nitrogens with zero attached hydrogens (tertiary/aromatic N) is 4. The van der Waals surface area contributed by atoms with Crippen LogP contribution in [0, 0.1) is 0 Å². The number of amides is 1. The molecule has 1 amide bonds. The van der Waals surface area contributed by atoms with Gasteiger partial charge in [0.1, 0.15) is 11.5 Å². The summed E-state index contributed by atoms with van der Waals surface area (Å²) in [5.74, 6) is 0.292. The largest absolute Gasteiger partial charge is 0.350 e. The Morgan fingerprint density at radius 3 is 2.62 bits per heavy atom. The fourth-order valence-corrected chi connectivity index (χ4v) is 2.54. The van der Waals surface area contributed by atoms with Crippen LogP contribution in [0.25, 0.3) is 22.5 Å². The van der Waals surface area contributed by atoms with Crippen molar-refractivity contribution in [1.82, 2.24) is 19.9 Å². The number of carbonyl (C=O) groups is 1. The van der Waals surface area contributed by atoms with Gasteiger partial charge >= 0.3 is 0 Å². The summed E-state index contributed by atoms with van der Waals surface area (Å²) in [7, 11) is 1.76. The van der Waals surface area contributed by atoms with Gasteiger partial charge in [0.25, 0.3) is 5.91 Å². The van der Waals surface area contributed by atoms with E-state index in [0.717, 1.165) is 16.8 Å². The van der Waals surface area contributed by atoms with E-state index in [1.54, 1.807) is 36.3 Å². The molecule has 0 bridgehead atoms. The lowest BCUT2D eigenvalue weighted by Crippen LogP contribution is -2.13. The number of hydrogen-bond donors (Lipinski definition) is 1. The minimum atomic E-state index is -0.389. The van der Waals surface area contributed by atoms with E-state index in [1.165, 1.54) is 0 Å². The van der Waals surface area contributed by atoms with Crippen molar-refractivity contribution in [3.8, 4) is 22.5 Å². The lowest BCUT2D eigenvalue weighted by molar-refractivity contribution is 0.0987.